The van der Waals surface area contributed by atoms with Gasteiger partial charge in [0.25, 0.3) is 0 Å². The molecule has 2 aromatic rings. The monoisotopic (exact) mass is 267 g/mol. The minimum atomic E-state index is -0.738. The Bertz CT molecular complexity index is 567. The number of hydrogen-bond donors (Lipinski definition) is 1. The highest BCUT2D eigenvalue weighted by atomic mass is 19.1. The molecule has 0 radical (unpaired) electrons. The number of nitrogens with two attached hydrogens (primary N) is 1. The van der Waals surface area contributed by atoms with Gasteiger partial charge in [-0.1, -0.05) is 0 Å². The standard InChI is InChI=1S/C14H12F3NO/c15-10-1-2-14(9(5-10)3-4-18)19-13-7-11(16)6-12(17)8-13/h1-2,5-8H,3-4,18H2. The molecule has 19 heavy (non-hydrogen) atoms. The van der Waals surface area contributed by atoms with Crippen molar-refractivity contribution >= 4 is 0 Å². The van der Waals surface area contributed by atoms with Crippen LogP contribution in [-0.4, -0.2) is 6.54 Å². The second-order valence-electron chi connectivity index (χ2n) is 4.00. The van der Waals surface area contributed by atoms with Gasteiger partial charge in [-0.25, -0.2) is 13.2 Å². The lowest BCUT2D eigenvalue weighted by Crippen LogP contribution is -2.04. The van der Waals surface area contributed by atoms with Gasteiger partial charge in [0.15, 0.2) is 0 Å². The van der Waals surface area contributed by atoms with Crippen LogP contribution in [0.3, 0.4) is 0 Å². The molecule has 0 aliphatic heterocycles. The molecule has 2 aromatic carbocycles. The van der Waals surface area contributed by atoms with Crippen LogP contribution >= 0.6 is 0 Å². The minimum absolute atomic E-state index is 0.0161. The number of rotatable bonds is 4. The van der Waals surface area contributed by atoms with E-state index in [0.29, 0.717) is 24.3 Å². The number of halogens is 3. The molecular formula is C14H12F3NO. The molecule has 0 saturated carbocycles. The zero-order valence-corrected chi connectivity index (χ0v) is 10.00. The van der Waals surface area contributed by atoms with E-state index in [9.17, 15) is 13.2 Å². The van der Waals surface area contributed by atoms with Crippen molar-refractivity contribution in [1.29, 1.82) is 0 Å². The van der Waals surface area contributed by atoms with E-state index in [0.717, 1.165) is 18.2 Å². The van der Waals surface area contributed by atoms with Crippen LogP contribution in [0.1, 0.15) is 5.56 Å². The second kappa shape index (κ2) is 5.75. The summed E-state index contributed by atoms with van der Waals surface area (Å²) in [6, 6.07) is 6.77. The quantitative estimate of drug-likeness (QED) is 0.921. The van der Waals surface area contributed by atoms with Crippen molar-refractivity contribution in [2.24, 2.45) is 5.73 Å². The molecule has 5 heteroatoms. The summed E-state index contributed by atoms with van der Waals surface area (Å²) in [6.45, 7) is 0.317. The summed E-state index contributed by atoms with van der Waals surface area (Å²) in [6.07, 6.45) is 0.408. The molecule has 0 amide bonds. The summed E-state index contributed by atoms with van der Waals surface area (Å²) >= 11 is 0. The molecule has 2 N–H and O–H groups in total. The van der Waals surface area contributed by atoms with Gasteiger partial charge in [0.1, 0.15) is 29.0 Å². The fourth-order valence-electron chi connectivity index (χ4n) is 1.71. The average molecular weight is 267 g/mol. The smallest absolute Gasteiger partial charge is 0.133 e. The molecule has 0 aliphatic rings. The van der Waals surface area contributed by atoms with Crippen molar-refractivity contribution in [2.45, 2.75) is 6.42 Å². The fourth-order valence-corrected chi connectivity index (χ4v) is 1.71. The van der Waals surface area contributed by atoms with Gasteiger partial charge in [-0.15, -0.1) is 0 Å². The van der Waals surface area contributed by atoms with Crippen molar-refractivity contribution in [2.75, 3.05) is 6.54 Å². The fraction of sp³-hybridized carbons (Fsp3) is 0.143. The number of hydrogen-bond acceptors (Lipinski definition) is 2. The van der Waals surface area contributed by atoms with Crippen LogP contribution in [-0.2, 0) is 6.42 Å². The van der Waals surface area contributed by atoms with Gasteiger partial charge in [-0.3, -0.25) is 0 Å². The molecule has 0 atom stereocenters. The highest BCUT2D eigenvalue weighted by Crippen LogP contribution is 2.27. The normalized spacial score (nSPS) is 10.5. The highest BCUT2D eigenvalue weighted by Gasteiger charge is 2.08. The van der Waals surface area contributed by atoms with Crippen molar-refractivity contribution in [3.63, 3.8) is 0 Å². The molecule has 2 nitrogen and oxygen atoms in total. The van der Waals surface area contributed by atoms with Gasteiger partial charge in [0.2, 0.25) is 0 Å². The van der Waals surface area contributed by atoms with Crippen LogP contribution in [0.4, 0.5) is 13.2 Å². The van der Waals surface area contributed by atoms with Gasteiger partial charge in [-0.05, 0) is 36.7 Å². The molecule has 0 heterocycles. The average Bonchev–Trinajstić information content (AvgIpc) is 2.32. The van der Waals surface area contributed by atoms with Crippen LogP contribution < -0.4 is 10.5 Å². The molecule has 2 rings (SSSR count). The van der Waals surface area contributed by atoms with E-state index in [2.05, 4.69) is 0 Å². The van der Waals surface area contributed by atoms with Crippen molar-refractivity contribution in [3.8, 4) is 11.5 Å². The van der Waals surface area contributed by atoms with Gasteiger partial charge in [0, 0.05) is 18.2 Å². The predicted molar refractivity (Wildman–Crippen MR) is 65.6 cm³/mol. The van der Waals surface area contributed by atoms with Gasteiger partial charge >= 0.3 is 0 Å². The lowest BCUT2D eigenvalue weighted by molar-refractivity contribution is 0.461. The number of benzene rings is 2. The Morgan fingerprint density at radius 1 is 0.895 bits per heavy atom. The molecule has 0 aliphatic carbocycles. The maximum Gasteiger partial charge on any atom is 0.133 e. The summed E-state index contributed by atoms with van der Waals surface area (Å²) in [5.74, 6) is -1.55. The van der Waals surface area contributed by atoms with Crippen molar-refractivity contribution in [1.82, 2.24) is 0 Å². The Labute approximate surface area is 108 Å². The molecule has 100 valence electrons. The molecule has 0 aromatic heterocycles. The summed E-state index contributed by atoms with van der Waals surface area (Å²) in [5, 5.41) is 0. The molecule has 0 fully saturated rings. The van der Waals surface area contributed by atoms with Gasteiger partial charge in [0.05, 0.1) is 0 Å². The van der Waals surface area contributed by atoms with Crippen LogP contribution in [0, 0.1) is 17.5 Å². The molecule has 0 spiro atoms. The van der Waals surface area contributed by atoms with Crippen LogP contribution in [0.5, 0.6) is 11.5 Å². The van der Waals surface area contributed by atoms with E-state index in [-0.39, 0.29) is 5.75 Å². The summed E-state index contributed by atoms with van der Waals surface area (Å²) < 4.78 is 44.6. The van der Waals surface area contributed by atoms with E-state index in [1.165, 1.54) is 18.2 Å². The second-order valence-corrected chi connectivity index (χ2v) is 4.00. The minimum Gasteiger partial charge on any atom is -0.457 e. The first-order valence-electron chi connectivity index (χ1n) is 5.71. The molecule has 0 unspecified atom stereocenters. The van der Waals surface area contributed by atoms with Crippen LogP contribution in [0.15, 0.2) is 36.4 Å². The van der Waals surface area contributed by atoms with E-state index in [1.54, 1.807) is 0 Å². The van der Waals surface area contributed by atoms with Crippen molar-refractivity contribution in [3.05, 3.63) is 59.4 Å². The maximum absolute atomic E-state index is 13.1. The zero-order valence-electron chi connectivity index (χ0n) is 10.00. The van der Waals surface area contributed by atoms with E-state index >= 15 is 0 Å². The third kappa shape index (κ3) is 3.48. The molecular weight excluding hydrogens is 255 g/mol. The lowest BCUT2D eigenvalue weighted by Gasteiger charge is -2.11. The number of ether oxygens (including phenoxy) is 1. The maximum atomic E-state index is 13.1. The molecule has 0 bridgehead atoms. The first-order chi connectivity index (χ1) is 9.08. The zero-order chi connectivity index (χ0) is 13.8. The van der Waals surface area contributed by atoms with Crippen molar-refractivity contribution < 1.29 is 17.9 Å². The van der Waals surface area contributed by atoms with Crippen LogP contribution in [0.2, 0.25) is 0 Å². The summed E-state index contributed by atoms with van der Waals surface area (Å²) in [7, 11) is 0. The Morgan fingerprint density at radius 3 is 2.21 bits per heavy atom. The third-order valence-corrected chi connectivity index (χ3v) is 2.50. The Balaban J connectivity index is 2.31. The van der Waals surface area contributed by atoms with Crippen LogP contribution in [0.25, 0.3) is 0 Å². The van der Waals surface area contributed by atoms with Gasteiger partial charge < -0.3 is 10.5 Å². The highest BCUT2D eigenvalue weighted by molar-refractivity contribution is 5.38. The predicted octanol–water partition coefficient (Wildman–Crippen LogP) is 3.40. The Hall–Kier alpha value is -2.01. The third-order valence-electron chi connectivity index (χ3n) is 2.50. The Morgan fingerprint density at radius 2 is 1.58 bits per heavy atom. The van der Waals surface area contributed by atoms with Gasteiger partial charge in [-0.2, -0.15) is 0 Å². The topological polar surface area (TPSA) is 35.2 Å². The van der Waals surface area contributed by atoms with E-state index in [4.69, 9.17) is 10.5 Å². The summed E-state index contributed by atoms with van der Waals surface area (Å²) in [5.41, 5.74) is 5.97. The first kappa shape index (κ1) is 13.4. The lowest BCUT2D eigenvalue weighted by atomic mass is 10.1. The SMILES string of the molecule is NCCc1cc(F)ccc1Oc1cc(F)cc(F)c1. The van der Waals surface area contributed by atoms with E-state index < -0.39 is 17.5 Å². The molecule has 0 saturated heterocycles. The largest absolute Gasteiger partial charge is 0.457 e. The van der Waals surface area contributed by atoms with E-state index in [1.807, 2.05) is 0 Å². The Kier molecular flexibility index (Phi) is 4.06. The first-order valence-corrected chi connectivity index (χ1v) is 5.71. The summed E-state index contributed by atoms with van der Waals surface area (Å²) in [4.78, 5) is 0.